The fourth-order valence-electron chi connectivity index (χ4n) is 4.96. The molecule has 2 N–H and O–H groups in total. The Labute approximate surface area is 201 Å². The van der Waals surface area contributed by atoms with Crippen LogP contribution in [0, 0.1) is 0 Å². The van der Waals surface area contributed by atoms with Crippen molar-refractivity contribution in [3.8, 4) is 0 Å². The highest BCUT2D eigenvalue weighted by atomic mass is 16.5. The number of aliphatic hydroxyl groups excluding tert-OH is 1. The van der Waals surface area contributed by atoms with Gasteiger partial charge in [-0.25, -0.2) is 0 Å². The first-order valence-electron chi connectivity index (χ1n) is 12.4. The molecule has 3 heterocycles. The van der Waals surface area contributed by atoms with Gasteiger partial charge in [-0.3, -0.25) is 14.5 Å². The Kier molecular flexibility index (Phi) is 9.29. The van der Waals surface area contributed by atoms with Gasteiger partial charge in [0.25, 0.3) is 5.91 Å². The summed E-state index contributed by atoms with van der Waals surface area (Å²) in [6, 6.07) is 8.92. The molecule has 3 saturated heterocycles. The number of carbonyl (C=O) groups is 2. The van der Waals surface area contributed by atoms with Crippen molar-refractivity contribution in [1.82, 2.24) is 15.1 Å². The summed E-state index contributed by atoms with van der Waals surface area (Å²) in [6.45, 7) is 5.72. The number of aliphatic hydroxyl groups is 1. The second-order valence-corrected chi connectivity index (χ2v) is 9.32. The van der Waals surface area contributed by atoms with Crippen LogP contribution in [0.1, 0.15) is 36.0 Å². The van der Waals surface area contributed by atoms with Gasteiger partial charge < -0.3 is 29.5 Å². The van der Waals surface area contributed by atoms with Gasteiger partial charge in [0, 0.05) is 31.7 Å². The van der Waals surface area contributed by atoms with Gasteiger partial charge in [0.1, 0.15) is 6.10 Å². The highest BCUT2D eigenvalue weighted by Crippen LogP contribution is 2.28. The highest BCUT2D eigenvalue weighted by Gasteiger charge is 2.40. The molecule has 3 aliphatic heterocycles. The number of benzene rings is 1. The first-order valence-corrected chi connectivity index (χ1v) is 12.4. The van der Waals surface area contributed by atoms with E-state index in [0.29, 0.717) is 31.4 Å². The molecule has 0 radical (unpaired) electrons. The van der Waals surface area contributed by atoms with Crippen LogP contribution in [-0.4, -0.2) is 110 Å². The van der Waals surface area contributed by atoms with Crippen LogP contribution in [0.25, 0.3) is 0 Å². The molecule has 3 fully saturated rings. The number of ether oxygens (including phenoxy) is 3. The van der Waals surface area contributed by atoms with Gasteiger partial charge in [-0.1, -0.05) is 18.2 Å². The maximum atomic E-state index is 13.2. The van der Waals surface area contributed by atoms with E-state index in [-0.39, 0.29) is 49.8 Å². The van der Waals surface area contributed by atoms with E-state index in [0.717, 1.165) is 39.3 Å². The zero-order chi connectivity index (χ0) is 23.8. The third-order valence-corrected chi connectivity index (χ3v) is 6.75. The van der Waals surface area contributed by atoms with Crippen LogP contribution in [0.15, 0.2) is 30.3 Å². The molecule has 1 aromatic rings. The summed E-state index contributed by atoms with van der Waals surface area (Å²) in [5, 5.41) is 13.3. The standard InChI is InChI=1S/C25H37N3O6/c29-20-16-28(25(31)19-5-2-1-3-6-19)22-8-7-21(34-23(22)18-33-17-20)15-24(30)26-9-4-10-27-11-13-32-14-12-27/h1-3,5-6,20-23,29H,4,7-18H2,(H,26,30)/t20-,21-,22-,23+/m0/s1. The summed E-state index contributed by atoms with van der Waals surface area (Å²) < 4.78 is 17.3. The zero-order valence-corrected chi connectivity index (χ0v) is 19.8. The fraction of sp³-hybridized carbons (Fsp3) is 0.680. The molecule has 1 aromatic carbocycles. The second kappa shape index (κ2) is 12.6. The number of nitrogens with one attached hydrogen (secondary N) is 1. The predicted molar refractivity (Wildman–Crippen MR) is 125 cm³/mol. The molecule has 4 atom stereocenters. The monoisotopic (exact) mass is 475 g/mol. The van der Waals surface area contributed by atoms with Crippen molar-refractivity contribution in [3.05, 3.63) is 35.9 Å². The molecular formula is C25H37N3O6. The quantitative estimate of drug-likeness (QED) is 0.559. The highest BCUT2D eigenvalue weighted by molar-refractivity contribution is 5.94. The van der Waals surface area contributed by atoms with Gasteiger partial charge in [0.15, 0.2) is 0 Å². The van der Waals surface area contributed by atoms with Crippen LogP contribution < -0.4 is 5.32 Å². The number of β-amino-alcohol motifs (C(OH)–C–C–N with tert-alkyl or cyclic N) is 1. The first-order chi connectivity index (χ1) is 16.6. The average Bonchev–Trinajstić information content (AvgIpc) is 2.85. The molecule has 0 spiro atoms. The molecule has 0 unspecified atom stereocenters. The molecule has 0 bridgehead atoms. The van der Waals surface area contributed by atoms with E-state index in [1.165, 1.54) is 0 Å². The minimum absolute atomic E-state index is 0.00942. The summed E-state index contributed by atoms with van der Waals surface area (Å²) in [5.74, 6) is -0.124. The third-order valence-electron chi connectivity index (χ3n) is 6.75. The van der Waals surface area contributed by atoms with E-state index in [1.807, 2.05) is 18.2 Å². The summed E-state index contributed by atoms with van der Waals surface area (Å²) in [6.07, 6.45) is 1.32. The van der Waals surface area contributed by atoms with Gasteiger partial charge in [0.05, 0.1) is 51.1 Å². The lowest BCUT2D eigenvalue weighted by molar-refractivity contribution is -0.150. The van der Waals surface area contributed by atoms with Crippen molar-refractivity contribution in [2.45, 2.75) is 50.0 Å². The topological polar surface area (TPSA) is 101 Å². The van der Waals surface area contributed by atoms with E-state index in [1.54, 1.807) is 17.0 Å². The van der Waals surface area contributed by atoms with Crippen molar-refractivity contribution in [2.75, 3.05) is 59.2 Å². The Balaban J connectivity index is 1.27. The lowest BCUT2D eigenvalue weighted by Gasteiger charge is -2.44. The van der Waals surface area contributed by atoms with Gasteiger partial charge in [-0.2, -0.15) is 0 Å². The van der Waals surface area contributed by atoms with E-state index < -0.39 is 6.10 Å². The number of amides is 2. The van der Waals surface area contributed by atoms with Crippen LogP contribution in [0.3, 0.4) is 0 Å². The molecule has 9 heteroatoms. The average molecular weight is 476 g/mol. The van der Waals surface area contributed by atoms with Crippen molar-refractivity contribution < 1.29 is 28.9 Å². The molecule has 0 aliphatic carbocycles. The van der Waals surface area contributed by atoms with Crippen molar-refractivity contribution in [2.24, 2.45) is 0 Å². The molecule has 3 aliphatic rings. The number of nitrogens with zero attached hydrogens (tertiary/aromatic N) is 2. The molecule has 9 nitrogen and oxygen atoms in total. The fourth-order valence-corrected chi connectivity index (χ4v) is 4.96. The maximum absolute atomic E-state index is 13.2. The second-order valence-electron chi connectivity index (χ2n) is 9.32. The Morgan fingerprint density at radius 3 is 2.65 bits per heavy atom. The Bertz CT molecular complexity index is 788. The number of rotatable bonds is 7. The molecule has 34 heavy (non-hydrogen) atoms. The first kappa shape index (κ1) is 25.1. The maximum Gasteiger partial charge on any atom is 0.254 e. The van der Waals surface area contributed by atoms with Crippen molar-refractivity contribution in [1.29, 1.82) is 0 Å². The zero-order valence-electron chi connectivity index (χ0n) is 19.8. The summed E-state index contributed by atoms with van der Waals surface area (Å²) in [4.78, 5) is 29.8. The summed E-state index contributed by atoms with van der Waals surface area (Å²) in [5.41, 5.74) is 0.591. The molecule has 4 rings (SSSR count). The lowest BCUT2D eigenvalue weighted by atomic mass is 9.94. The summed E-state index contributed by atoms with van der Waals surface area (Å²) >= 11 is 0. The van der Waals surface area contributed by atoms with Crippen LogP contribution in [-0.2, 0) is 19.0 Å². The van der Waals surface area contributed by atoms with E-state index in [9.17, 15) is 14.7 Å². The molecule has 0 saturated carbocycles. The lowest BCUT2D eigenvalue weighted by Crippen LogP contribution is -2.57. The molecule has 0 aromatic heterocycles. The van der Waals surface area contributed by atoms with Crippen LogP contribution in [0.5, 0.6) is 0 Å². The SMILES string of the molecule is O=C(C[C@@H]1CC[C@H]2[C@@H](COC[C@@H](O)CN2C(=O)c2ccccc2)O1)NCCCN1CCOCC1. The molecular weight excluding hydrogens is 438 g/mol. The van der Waals surface area contributed by atoms with E-state index in [4.69, 9.17) is 14.2 Å². The Morgan fingerprint density at radius 2 is 1.85 bits per heavy atom. The normalized spacial score (nSPS) is 28.4. The Hall–Kier alpha value is -2.04. The number of hydrogen-bond donors (Lipinski definition) is 2. The van der Waals surface area contributed by atoms with Crippen LogP contribution in [0.2, 0.25) is 0 Å². The Morgan fingerprint density at radius 1 is 1.06 bits per heavy atom. The van der Waals surface area contributed by atoms with E-state index in [2.05, 4.69) is 10.2 Å². The van der Waals surface area contributed by atoms with Crippen molar-refractivity contribution >= 4 is 11.8 Å². The molecule has 2 amide bonds. The minimum Gasteiger partial charge on any atom is -0.389 e. The van der Waals surface area contributed by atoms with Gasteiger partial charge >= 0.3 is 0 Å². The van der Waals surface area contributed by atoms with Crippen LogP contribution >= 0.6 is 0 Å². The number of hydrogen-bond acceptors (Lipinski definition) is 7. The molecule has 188 valence electrons. The smallest absolute Gasteiger partial charge is 0.254 e. The largest absolute Gasteiger partial charge is 0.389 e. The number of fused-ring (bicyclic) bond motifs is 1. The van der Waals surface area contributed by atoms with Gasteiger partial charge in [0.2, 0.25) is 5.91 Å². The van der Waals surface area contributed by atoms with Gasteiger partial charge in [-0.15, -0.1) is 0 Å². The van der Waals surface area contributed by atoms with Gasteiger partial charge in [-0.05, 0) is 37.9 Å². The number of morpholine rings is 1. The number of carbonyl (C=O) groups excluding carboxylic acids is 2. The van der Waals surface area contributed by atoms with Crippen LogP contribution in [0.4, 0.5) is 0 Å². The third kappa shape index (κ3) is 6.99. The minimum atomic E-state index is -0.741. The predicted octanol–water partition coefficient (Wildman–Crippen LogP) is 0.665. The summed E-state index contributed by atoms with van der Waals surface area (Å²) in [7, 11) is 0. The van der Waals surface area contributed by atoms with E-state index >= 15 is 0 Å². The van der Waals surface area contributed by atoms with Crippen molar-refractivity contribution in [3.63, 3.8) is 0 Å².